The standard InChI is InChI=1S/C16H18N2/c17-12-13-5-3-8-15(11-13)18-10-4-7-14-6-1-2-9-16(14)18/h1-3,5-6,8-9,11H,4,7,10,12,17H2. The summed E-state index contributed by atoms with van der Waals surface area (Å²) in [6.07, 6.45) is 2.40. The van der Waals surface area contributed by atoms with Gasteiger partial charge < -0.3 is 10.6 Å². The predicted octanol–water partition coefficient (Wildman–Crippen LogP) is 3.23. The molecule has 0 radical (unpaired) electrons. The SMILES string of the molecule is NCc1cccc(N2CCCc3ccccc32)c1. The van der Waals surface area contributed by atoms with E-state index in [1.54, 1.807) is 0 Å². The van der Waals surface area contributed by atoms with Gasteiger partial charge in [0.25, 0.3) is 0 Å². The molecule has 1 aliphatic heterocycles. The molecule has 2 aromatic rings. The molecular formula is C16H18N2. The second kappa shape index (κ2) is 4.83. The zero-order valence-corrected chi connectivity index (χ0v) is 10.5. The van der Waals surface area contributed by atoms with Crippen molar-refractivity contribution < 1.29 is 0 Å². The number of hydrogen-bond donors (Lipinski definition) is 1. The highest BCUT2D eigenvalue weighted by molar-refractivity contribution is 5.68. The summed E-state index contributed by atoms with van der Waals surface area (Å²) >= 11 is 0. The third-order valence-electron chi connectivity index (χ3n) is 3.57. The van der Waals surface area contributed by atoms with E-state index in [1.165, 1.54) is 35.3 Å². The molecule has 0 spiro atoms. The topological polar surface area (TPSA) is 29.3 Å². The Hall–Kier alpha value is -1.80. The molecule has 0 atom stereocenters. The number of rotatable bonds is 2. The first-order valence-corrected chi connectivity index (χ1v) is 6.53. The summed E-state index contributed by atoms with van der Waals surface area (Å²) in [5, 5.41) is 0. The second-order valence-electron chi connectivity index (χ2n) is 4.76. The van der Waals surface area contributed by atoms with Crippen LogP contribution >= 0.6 is 0 Å². The quantitative estimate of drug-likeness (QED) is 0.870. The van der Waals surface area contributed by atoms with E-state index < -0.39 is 0 Å². The van der Waals surface area contributed by atoms with Crippen LogP contribution in [0.5, 0.6) is 0 Å². The highest BCUT2D eigenvalue weighted by atomic mass is 15.1. The van der Waals surface area contributed by atoms with Crippen LogP contribution in [0, 0.1) is 0 Å². The zero-order chi connectivity index (χ0) is 12.4. The molecule has 2 N–H and O–H groups in total. The monoisotopic (exact) mass is 238 g/mol. The van der Waals surface area contributed by atoms with E-state index >= 15 is 0 Å². The lowest BCUT2D eigenvalue weighted by Crippen LogP contribution is -2.24. The highest BCUT2D eigenvalue weighted by Crippen LogP contribution is 2.33. The molecule has 0 fully saturated rings. The molecule has 92 valence electrons. The Morgan fingerprint density at radius 1 is 1.06 bits per heavy atom. The molecule has 3 rings (SSSR count). The lowest BCUT2D eigenvalue weighted by Gasteiger charge is -2.31. The van der Waals surface area contributed by atoms with Crippen molar-refractivity contribution in [1.29, 1.82) is 0 Å². The average Bonchev–Trinajstić information content (AvgIpc) is 2.47. The number of hydrogen-bond acceptors (Lipinski definition) is 2. The van der Waals surface area contributed by atoms with E-state index in [-0.39, 0.29) is 0 Å². The van der Waals surface area contributed by atoms with Gasteiger partial charge in [-0.1, -0.05) is 30.3 Å². The van der Waals surface area contributed by atoms with E-state index in [9.17, 15) is 0 Å². The predicted molar refractivity (Wildman–Crippen MR) is 76.1 cm³/mol. The third-order valence-corrected chi connectivity index (χ3v) is 3.57. The molecule has 2 nitrogen and oxygen atoms in total. The molecule has 0 aliphatic carbocycles. The average molecular weight is 238 g/mol. The van der Waals surface area contributed by atoms with Crippen LogP contribution in [0.25, 0.3) is 0 Å². The number of nitrogens with zero attached hydrogens (tertiary/aromatic N) is 1. The summed E-state index contributed by atoms with van der Waals surface area (Å²) < 4.78 is 0. The summed E-state index contributed by atoms with van der Waals surface area (Å²) in [5.41, 5.74) is 11.0. The highest BCUT2D eigenvalue weighted by Gasteiger charge is 2.17. The van der Waals surface area contributed by atoms with E-state index in [4.69, 9.17) is 5.73 Å². The molecule has 0 amide bonds. The second-order valence-corrected chi connectivity index (χ2v) is 4.76. The van der Waals surface area contributed by atoms with Crippen LogP contribution in [0.2, 0.25) is 0 Å². The van der Waals surface area contributed by atoms with Crippen LogP contribution in [0.1, 0.15) is 17.5 Å². The van der Waals surface area contributed by atoms with E-state index in [1.807, 2.05) is 0 Å². The maximum atomic E-state index is 5.72. The Morgan fingerprint density at radius 3 is 2.83 bits per heavy atom. The number of fused-ring (bicyclic) bond motifs is 1. The van der Waals surface area contributed by atoms with Crippen molar-refractivity contribution in [2.24, 2.45) is 5.73 Å². The third kappa shape index (κ3) is 2.00. The number of anilines is 2. The summed E-state index contributed by atoms with van der Waals surface area (Å²) in [5.74, 6) is 0. The maximum Gasteiger partial charge on any atom is 0.0443 e. The Kier molecular flexibility index (Phi) is 3.03. The van der Waals surface area contributed by atoms with Gasteiger partial charge in [-0.15, -0.1) is 0 Å². The van der Waals surface area contributed by atoms with E-state index in [0.717, 1.165) is 6.54 Å². The molecule has 0 unspecified atom stereocenters. The molecule has 0 saturated heterocycles. The van der Waals surface area contributed by atoms with Crippen LogP contribution in [-0.4, -0.2) is 6.54 Å². The summed E-state index contributed by atoms with van der Waals surface area (Å²) in [4.78, 5) is 2.40. The Bertz CT molecular complexity index is 548. The number of aryl methyl sites for hydroxylation is 1. The Morgan fingerprint density at radius 2 is 1.94 bits per heavy atom. The maximum absolute atomic E-state index is 5.72. The molecule has 0 aromatic heterocycles. The van der Waals surface area contributed by atoms with Crippen molar-refractivity contribution in [3.05, 3.63) is 59.7 Å². The summed E-state index contributed by atoms with van der Waals surface area (Å²) in [6.45, 7) is 1.69. The van der Waals surface area contributed by atoms with E-state index in [2.05, 4.69) is 53.4 Å². The molecular weight excluding hydrogens is 220 g/mol. The van der Waals surface area contributed by atoms with Gasteiger partial charge in [0.05, 0.1) is 0 Å². The number of benzene rings is 2. The lowest BCUT2D eigenvalue weighted by molar-refractivity contribution is 0.766. The molecule has 18 heavy (non-hydrogen) atoms. The summed E-state index contributed by atoms with van der Waals surface area (Å²) in [7, 11) is 0. The molecule has 0 saturated carbocycles. The first-order valence-electron chi connectivity index (χ1n) is 6.53. The van der Waals surface area contributed by atoms with Gasteiger partial charge in [-0.2, -0.15) is 0 Å². The fourth-order valence-electron chi connectivity index (χ4n) is 2.65. The van der Waals surface area contributed by atoms with Gasteiger partial charge in [-0.05, 0) is 42.2 Å². The normalized spacial score (nSPS) is 14.4. The molecule has 1 aliphatic rings. The van der Waals surface area contributed by atoms with Crippen molar-refractivity contribution in [3.8, 4) is 0 Å². The van der Waals surface area contributed by atoms with Crippen LogP contribution in [-0.2, 0) is 13.0 Å². The van der Waals surface area contributed by atoms with Crippen molar-refractivity contribution in [3.63, 3.8) is 0 Å². The van der Waals surface area contributed by atoms with Crippen molar-refractivity contribution >= 4 is 11.4 Å². The largest absolute Gasteiger partial charge is 0.341 e. The zero-order valence-electron chi connectivity index (χ0n) is 10.5. The first kappa shape index (κ1) is 11.3. The molecule has 2 aromatic carbocycles. The fourth-order valence-corrected chi connectivity index (χ4v) is 2.65. The van der Waals surface area contributed by atoms with Crippen molar-refractivity contribution in [1.82, 2.24) is 0 Å². The van der Waals surface area contributed by atoms with Crippen LogP contribution < -0.4 is 10.6 Å². The number of para-hydroxylation sites is 1. The minimum atomic E-state index is 0.601. The fraction of sp³-hybridized carbons (Fsp3) is 0.250. The van der Waals surface area contributed by atoms with Crippen LogP contribution in [0.4, 0.5) is 11.4 Å². The van der Waals surface area contributed by atoms with E-state index in [0.29, 0.717) is 6.54 Å². The minimum absolute atomic E-state index is 0.601. The minimum Gasteiger partial charge on any atom is -0.341 e. The first-order chi connectivity index (χ1) is 8.88. The molecule has 2 heteroatoms. The summed E-state index contributed by atoms with van der Waals surface area (Å²) in [6, 6.07) is 17.2. The Labute approximate surface area is 108 Å². The van der Waals surface area contributed by atoms with Gasteiger partial charge in [-0.25, -0.2) is 0 Å². The van der Waals surface area contributed by atoms with Gasteiger partial charge in [0.1, 0.15) is 0 Å². The smallest absolute Gasteiger partial charge is 0.0443 e. The lowest BCUT2D eigenvalue weighted by atomic mass is 10.0. The van der Waals surface area contributed by atoms with Gasteiger partial charge >= 0.3 is 0 Å². The van der Waals surface area contributed by atoms with Crippen LogP contribution in [0.15, 0.2) is 48.5 Å². The Balaban J connectivity index is 2.02. The molecule has 1 heterocycles. The van der Waals surface area contributed by atoms with Gasteiger partial charge in [-0.3, -0.25) is 0 Å². The number of nitrogens with two attached hydrogens (primary N) is 1. The van der Waals surface area contributed by atoms with Gasteiger partial charge in [0.2, 0.25) is 0 Å². The van der Waals surface area contributed by atoms with Crippen LogP contribution in [0.3, 0.4) is 0 Å². The van der Waals surface area contributed by atoms with Crippen molar-refractivity contribution in [2.75, 3.05) is 11.4 Å². The van der Waals surface area contributed by atoms with Gasteiger partial charge in [0, 0.05) is 24.5 Å². The van der Waals surface area contributed by atoms with Gasteiger partial charge in [0.15, 0.2) is 0 Å². The van der Waals surface area contributed by atoms with Crippen molar-refractivity contribution in [2.45, 2.75) is 19.4 Å². The molecule has 0 bridgehead atoms.